The molecule has 0 atom stereocenters. The van der Waals surface area contributed by atoms with Crippen molar-refractivity contribution in [1.82, 2.24) is 19.9 Å². The Morgan fingerprint density at radius 2 is 1.59 bits per heavy atom. The van der Waals surface area contributed by atoms with E-state index < -0.39 is 9.85 Å². The van der Waals surface area contributed by atoms with Gasteiger partial charge >= 0.3 is 0 Å². The summed E-state index contributed by atoms with van der Waals surface area (Å²) in [5.41, 5.74) is 3.55. The summed E-state index contributed by atoms with van der Waals surface area (Å²) in [5.74, 6) is 1.18. The molecule has 1 saturated heterocycles. The van der Waals surface area contributed by atoms with Gasteiger partial charge in [-0.1, -0.05) is 0 Å². The van der Waals surface area contributed by atoms with Crippen LogP contribution in [0, 0.1) is 20.2 Å². The number of nitro groups is 2. The fraction of sp³-hybridized carbons (Fsp3) is 0.273. The second-order valence-electron chi connectivity index (χ2n) is 8.06. The van der Waals surface area contributed by atoms with E-state index in [0.717, 1.165) is 13.1 Å². The van der Waals surface area contributed by atoms with Crippen LogP contribution in [0.2, 0.25) is 0 Å². The molecule has 37 heavy (non-hydrogen) atoms. The van der Waals surface area contributed by atoms with Crippen LogP contribution in [0.4, 0.5) is 34.9 Å². The number of nitrogens with one attached hydrogen (secondary N) is 2. The van der Waals surface area contributed by atoms with Gasteiger partial charge in [-0.3, -0.25) is 20.2 Å². The van der Waals surface area contributed by atoms with Crippen LogP contribution in [-0.4, -0.2) is 76.2 Å². The van der Waals surface area contributed by atoms with Crippen LogP contribution in [0.5, 0.6) is 5.75 Å². The molecule has 4 rings (SSSR count). The molecule has 0 bridgehead atoms. The third kappa shape index (κ3) is 6.40. The second-order valence-corrected chi connectivity index (χ2v) is 8.06. The minimum absolute atomic E-state index is 0.0346. The van der Waals surface area contributed by atoms with E-state index in [4.69, 9.17) is 4.74 Å². The molecule has 2 heterocycles. The second kappa shape index (κ2) is 11.2. The molecule has 1 aromatic heterocycles. The summed E-state index contributed by atoms with van der Waals surface area (Å²) in [5, 5.41) is 29.2. The number of ether oxygens (including phenoxy) is 1. The summed E-state index contributed by atoms with van der Waals surface area (Å²) in [4.78, 5) is 38.6. The van der Waals surface area contributed by atoms with Gasteiger partial charge in [0, 0.05) is 61.7 Å². The number of methoxy groups -OCH3 is 1. The maximum atomic E-state index is 11.1. The molecule has 0 radical (unpaired) electrons. The fourth-order valence-corrected chi connectivity index (χ4v) is 3.51. The number of nitro benzene ring substituents is 2. The number of nitrogens with zero attached hydrogens (tertiary/aromatic N) is 8. The number of hydrogen-bond donors (Lipinski definition) is 2. The molecule has 1 aliphatic rings. The summed E-state index contributed by atoms with van der Waals surface area (Å²) < 4.78 is 5.25. The molecule has 3 aromatic rings. The van der Waals surface area contributed by atoms with E-state index in [-0.39, 0.29) is 23.3 Å². The van der Waals surface area contributed by atoms with Gasteiger partial charge in [0.1, 0.15) is 5.75 Å². The number of hydrogen-bond acceptors (Lipinski definition) is 13. The van der Waals surface area contributed by atoms with Crippen molar-refractivity contribution in [3.05, 3.63) is 68.3 Å². The van der Waals surface area contributed by atoms with Crippen LogP contribution >= 0.6 is 0 Å². The molecule has 192 valence electrons. The largest absolute Gasteiger partial charge is 0.496 e. The summed E-state index contributed by atoms with van der Waals surface area (Å²) in [6.45, 7) is 3.10. The number of benzene rings is 2. The van der Waals surface area contributed by atoms with Gasteiger partial charge < -0.3 is 19.9 Å². The zero-order valence-corrected chi connectivity index (χ0v) is 20.1. The predicted molar refractivity (Wildman–Crippen MR) is 137 cm³/mol. The topological polar surface area (TPSA) is 177 Å². The van der Waals surface area contributed by atoms with Gasteiger partial charge in [-0.2, -0.15) is 20.1 Å². The number of likely N-dealkylation sites (N-methyl/N-ethyl adjacent to an activating group) is 1. The lowest BCUT2D eigenvalue weighted by molar-refractivity contribution is -0.385. The van der Waals surface area contributed by atoms with Crippen molar-refractivity contribution >= 4 is 41.1 Å². The summed E-state index contributed by atoms with van der Waals surface area (Å²) in [6.07, 6.45) is 1.37. The minimum Gasteiger partial charge on any atom is -0.496 e. The minimum atomic E-state index is -0.505. The first-order chi connectivity index (χ1) is 17.8. The highest BCUT2D eigenvalue weighted by Crippen LogP contribution is 2.23. The van der Waals surface area contributed by atoms with Crippen LogP contribution in [0.1, 0.15) is 5.56 Å². The van der Waals surface area contributed by atoms with E-state index >= 15 is 0 Å². The van der Waals surface area contributed by atoms with Crippen molar-refractivity contribution in [3.63, 3.8) is 0 Å². The average Bonchev–Trinajstić information content (AvgIpc) is 2.89. The zero-order valence-electron chi connectivity index (χ0n) is 20.1. The molecule has 0 spiro atoms. The molecule has 1 aliphatic heterocycles. The van der Waals surface area contributed by atoms with E-state index in [1.54, 1.807) is 12.1 Å². The lowest BCUT2D eigenvalue weighted by Gasteiger charge is -2.32. The number of anilines is 4. The first-order valence-corrected chi connectivity index (χ1v) is 11.1. The van der Waals surface area contributed by atoms with Crippen molar-refractivity contribution in [1.29, 1.82) is 0 Å². The zero-order chi connectivity index (χ0) is 26.4. The molecule has 0 aliphatic carbocycles. The van der Waals surface area contributed by atoms with Crippen LogP contribution < -0.4 is 20.4 Å². The van der Waals surface area contributed by atoms with E-state index in [2.05, 4.69) is 35.7 Å². The highest BCUT2D eigenvalue weighted by molar-refractivity contribution is 5.85. The molecule has 15 nitrogen and oxygen atoms in total. The lowest BCUT2D eigenvalue weighted by Crippen LogP contribution is -2.45. The van der Waals surface area contributed by atoms with E-state index in [9.17, 15) is 20.2 Å². The van der Waals surface area contributed by atoms with Crippen LogP contribution in [-0.2, 0) is 0 Å². The van der Waals surface area contributed by atoms with Gasteiger partial charge in [0.15, 0.2) is 0 Å². The van der Waals surface area contributed by atoms with Crippen molar-refractivity contribution in [2.24, 2.45) is 5.10 Å². The molecule has 0 unspecified atom stereocenters. The molecule has 1 fully saturated rings. The number of aromatic nitrogens is 3. The Bertz CT molecular complexity index is 1310. The van der Waals surface area contributed by atoms with Gasteiger partial charge in [-0.25, -0.2) is 5.43 Å². The Morgan fingerprint density at radius 3 is 2.24 bits per heavy atom. The number of piperazine rings is 1. The first kappa shape index (κ1) is 25.2. The molecular weight excluding hydrogens is 484 g/mol. The lowest BCUT2D eigenvalue weighted by atomic mass is 10.2. The smallest absolute Gasteiger partial charge is 0.270 e. The Hall–Kier alpha value is -4.92. The average molecular weight is 508 g/mol. The predicted octanol–water partition coefficient (Wildman–Crippen LogP) is 2.64. The van der Waals surface area contributed by atoms with Gasteiger partial charge in [-0.05, 0) is 25.2 Å². The molecule has 15 heteroatoms. The Morgan fingerprint density at radius 1 is 0.946 bits per heavy atom. The van der Waals surface area contributed by atoms with Crippen molar-refractivity contribution in [2.45, 2.75) is 0 Å². The third-order valence-electron chi connectivity index (χ3n) is 5.54. The summed E-state index contributed by atoms with van der Waals surface area (Å²) in [7, 11) is 3.49. The number of hydrazone groups is 1. The van der Waals surface area contributed by atoms with Crippen LogP contribution in [0.25, 0.3) is 0 Å². The van der Waals surface area contributed by atoms with Gasteiger partial charge in [0.2, 0.25) is 17.8 Å². The molecule has 2 aromatic carbocycles. The van der Waals surface area contributed by atoms with Crippen molar-refractivity contribution < 1.29 is 14.6 Å². The maximum Gasteiger partial charge on any atom is 0.270 e. The van der Waals surface area contributed by atoms with Gasteiger partial charge in [-0.15, -0.1) is 0 Å². The van der Waals surface area contributed by atoms with Gasteiger partial charge in [0.05, 0.1) is 23.2 Å². The maximum absolute atomic E-state index is 11.1. The Labute approximate surface area is 211 Å². The Balaban J connectivity index is 1.59. The van der Waals surface area contributed by atoms with Crippen LogP contribution in [0.15, 0.2) is 47.6 Å². The first-order valence-electron chi connectivity index (χ1n) is 11.1. The fourth-order valence-electron chi connectivity index (χ4n) is 3.51. The standard InChI is InChI=1S/C22H24N10O5/c1-29-9-11-30(12-10-29)22-26-20(24-16-3-5-17(6-4-16)31(33)34)25-21(27-22)28-23-14-15-13-18(32(35)36)7-8-19(15)37-2/h3-8,13-14H,9-12H2,1-2H3,(H2,24,25,26,27,28). The SMILES string of the molecule is COc1ccc([N+](=O)[O-])cc1C=NNc1nc(Nc2ccc([N+](=O)[O-])cc2)nc(N2CCN(C)CC2)n1. The van der Waals surface area contributed by atoms with Gasteiger partial charge in [0.25, 0.3) is 11.4 Å². The quantitative estimate of drug-likeness (QED) is 0.246. The van der Waals surface area contributed by atoms with E-state index in [1.165, 1.54) is 43.7 Å². The summed E-state index contributed by atoms with van der Waals surface area (Å²) >= 11 is 0. The number of non-ortho nitro benzene ring substituents is 2. The third-order valence-corrected chi connectivity index (χ3v) is 5.54. The molecule has 2 N–H and O–H groups in total. The highest BCUT2D eigenvalue weighted by Gasteiger charge is 2.19. The molecule has 0 saturated carbocycles. The van der Waals surface area contributed by atoms with Crippen LogP contribution in [0.3, 0.4) is 0 Å². The van der Waals surface area contributed by atoms with E-state index in [0.29, 0.717) is 36.0 Å². The molecular formula is C22H24N10O5. The monoisotopic (exact) mass is 508 g/mol. The molecule has 0 amide bonds. The Kier molecular flexibility index (Phi) is 7.63. The van der Waals surface area contributed by atoms with Crippen molar-refractivity contribution in [2.75, 3.05) is 56.0 Å². The summed E-state index contributed by atoms with van der Waals surface area (Å²) in [6, 6.07) is 10.0. The van der Waals surface area contributed by atoms with Crippen molar-refractivity contribution in [3.8, 4) is 5.75 Å². The normalized spacial score (nSPS) is 13.9. The van der Waals surface area contributed by atoms with E-state index in [1.807, 2.05) is 11.9 Å². The highest BCUT2D eigenvalue weighted by atomic mass is 16.6. The number of rotatable bonds is 9.